The first-order chi connectivity index (χ1) is 14.0. The Hall–Kier alpha value is -2.25. The van der Waals surface area contributed by atoms with Gasteiger partial charge < -0.3 is 14.2 Å². The number of nitrogens with zero attached hydrogens (tertiary/aromatic N) is 4. The monoisotopic (exact) mass is 456 g/mol. The lowest BCUT2D eigenvalue weighted by Crippen LogP contribution is -2.36. The van der Waals surface area contributed by atoms with E-state index in [1.807, 2.05) is 24.3 Å². The van der Waals surface area contributed by atoms with Crippen molar-refractivity contribution in [2.45, 2.75) is 26.2 Å². The third kappa shape index (κ3) is 3.94. The molecule has 1 atom stereocenters. The zero-order chi connectivity index (χ0) is 20.4. The fraction of sp³-hybridized carbons (Fsp3) is 0.409. The fourth-order valence-corrected chi connectivity index (χ4v) is 3.82. The Morgan fingerprint density at radius 1 is 1.07 bits per heavy atom. The van der Waals surface area contributed by atoms with Crippen molar-refractivity contribution < 1.29 is 9.26 Å². The third-order valence-corrected chi connectivity index (χ3v) is 6.35. The van der Waals surface area contributed by atoms with Crippen molar-refractivity contribution in [1.29, 1.82) is 0 Å². The van der Waals surface area contributed by atoms with E-state index in [9.17, 15) is 0 Å². The maximum absolute atomic E-state index is 5.63. The SMILES string of the molecule is CC(C)C(C)(c1ccc(Br)cc1)c1noc(-c2ccc(N3CCOCC3)nc2)n1. The summed E-state index contributed by atoms with van der Waals surface area (Å²) in [5.74, 6) is 2.40. The van der Waals surface area contributed by atoms with Gasteiger partial charge in [-0.25, -0.2) is 4.98 Å². The number of pyridine rings is 1. The lowest BCUT2D eigenvalue weighted by molar-refractivity contribution is 0.122. The zero-order valence-electron chi connectivity index (χ0n) is 16.9. The molecule has 4 rings (SSSR count). The van der Waals surface area contributed by atoms with Gasteiger partial charge in [-0.1, -0.05) is 47.1 Å². The lowest BCUT2D eigenvalue weighted by Gasteiger charge is -2.31. The molecule has 3 heterocycles. The highest BCUT2D eigenvalue weighted by Crippen LogP contribution is 2.38. The van der Waals surface area contributed by atoms with Crippen LogP contribution in [0.2, 0.25) is 0 Å². The van der Waals surface area contributed by atoms with Crippen molar-refractivity contribution in [1.82, 2.24) is 15.1 Å². The van der Waals surface area contributed by atoms with Crippen LogP contribution in [0.5, 0.6) is 0 Å². The lowest BCUT2D eigenvalue weighted by atomic mass is 9.73. The van der Waals surface area contributed by atoms with E-state index in [1.165, 1.54) is 0 Å². The summed E-state index contributed by atoms with van der Waals surface area (Å²) in [5.41, 5.74) is 1.62. The van der Waals surface area contributed by atoms with Crippen molar-refractivity contribution in [2.75, 3.05) is 31.2 Å². The van der Waals surface area contributed by atoms with Gasteiger partial charge in [-0.2, -0.15) is 4.98 Å². The molecule has 29 heavy (non-hydrogen) atoms. The van der Waals surface area contributed by atoms with E-state index in [-0.39, 0.29) is 11.3 Å². The number of aromatic nitrogens is 3. The number of ether oxygens (including phenoxy) is 1. The highest BCUT2D eigenvalue weighted by atomic mass is 79.9. The van der Waals surface area contributed by atoms with Crippen molar-refractivity contribution >= 4 is 21.7 Å². The predicted molar refractivity (Wildman–Crippen MR) is 116 cm³/mol. The van der Waals surface area contributed by atoms with Crippen LogP contribution in [0.3, 0.4) is 0 Å². The molecule has 0 spiro atoms. The van der Waals surface area contributed by atoms with Crippen LogP contribution >= 0.6 is 15.9 Å². The summed E-state index contributed by atoms with van der Waals surface area (Å²) in [4.78, 5) is 11.6. The number of hydrogen-bond donors (Lipinski definition) is 0. The number of morpholine rings is 1. The Kier molecular flexibility index (Phi) is 5.69. The maximum atomic E-state index is 5.63. The molecule has 0 aliphatic carbocycles. The van der Waals surface area contributed by atoms with Crippen LogP contribution in [0.4, 0.5) is 5.82 Å². The molecule has 0 amide bonds. The average Bonchev–Trinajstić information content (AvgIpc) is 3.25. The second-order valence-corrected chi connectivity index (χ2v) is 8.71. The first-order valence-electron chi connectivity index (χ1n) is 9.88. The standard InChI is InChI=1S/C22H25BrN4O2/c1-15(2)22(3,17-5-7-18(23)8-6-17)21-25-20(29-26-21)16-4-9-19(24-14-16)27-10-12-28-13-11-27/h4-9,14-15H,10-13H2,1-3H3. The average molecular weight is 457 g/mol. The first-order valence-corrected chi connectivity index (χ1v) is 10.7. The van der Waals surface area contributed by atoms with Gasteiger partial charge in [0, 0.05) is 23.8 Å². The second kappa shape index (κ2) is 8.24. The molecule has 1 aliphatic rings. The topological polar surface area (TPSA) is 64.3 Å². The highest BCUT2D eigenvalue weighted by molar-refractivity contribution is 9.10. The van der Waals surface area contributed by atoms with Crippen LogP contribution in [-0.4, -0.2) is 41.4 Å². The normalized spacial score (nSPS) is 16.8. The summed E-state index contributed by atoms with van der Waals surface area (Å²) >= 11 is 3.51. The number of benzene rings is 1. The molecule has 152 valence electrons. The Balaban J connectivity index is 1.61. The Bertz CT molecular complexity index is 950. The predicted octanol–water partition coefficient (Wildman–Crippen LogP) is 4.69. The molecule has 6 nitrogen and oxygen atoms in total. The van der Waals surface area contributed by atoms with Gasteiger partial charge in [0.05, 0.1) is 24.2 Å². The molecule has 1 fully saturated rings. The number of anilines is 1. The first kappa shape index (κ1) is 20.0. The number of hydrogen-bond acceptors (Lipinski definition) is 6. The third-order valence-electron chi connectivity index (χ3n) is 5.82. The highest BCUT2D eigenvalue weighted by Gasteiger charge is 2.37. The molecule has 1 unspecified atom stereocenters. The van der Waals surface area contributed by atoms with E-state index in [4.69, 9.17) is 14.2 Å². The smallest absolute Gasteiger partial charge is 0.259 e. The molecular weight excluding hydrogens is 432 g/mol. The van der Waals surface area contributed by atoms with Gasteiger partial charge in [-0.3, -0.25) is 0 Å². The quantitative estimate of drug-likeness (QED) is 0.554. The van der Waals surface area contributed by atoms with Crippen molar-refractivity contribution in [3.63, 3.8) is 0 Å². The fourth-order valence-electron chi connectivity index (χ4n) is 3.56. The van der Waals surface area contributed by atoms with Crippen LogP contribution in [0, 0.1) is 5.92 Å². The van der Waals surface area contributed by atoms with Crippen LogP contribution in [0.25, 0.3) is 11.5 Å². The van der Waals surface area contributed by atoms with Gasteiger partial charge in [0.15, 0.2) is 5.82 Å². The second-order valence-electron chi connectivity index (χ2n) is 7.79. The molecular formula is C22H25BrN4O2. The van der Waals surface area contributed by atoms with Crippen molar-refractivity contribution in [3.8, 4) is 11.5 Å². The van der Waals surface area contributed by atoms with Gasteiger partial charge in [0.25, 0.3) is 5.89 Å². The van der Waals surface area contributed by atoms with Crippen LogP contribution < -0.4 is 4.90 Å². The molecule has 7 heteroatoms. The molecule has 0 N–H and O–H groups in total. The summed E-state index contributed by atoms with van der Waals surface area (Å²) in [6.45, 7) is 9.71. The van der Waals surface area contributed by atoms with Gasteiger partial charge >= 0.3 is 0 Å². The van der Waals surface area contributed by atoms with E-state index < -0.39 is 0 Å². The van der Waals surface area contributed by atoms with Gasteiger partial charge in [-0.05, 0) is 42.7 Å². The minimum atomic E-state index is -0.358. The number of rotatable bonds is 5. The van der Waals surface area contributed by atoms with Gasteiger partial charge in [0.2, 0.25) is 0 Å². The van der Waals surface area contributed by atoms with Gasteiger partial charge in [0.1, 0.15) is 5.82 Å². The Labute approximate surface area is 179 Å². The van der Waals surface area contributed by atoms with E-state index in [0.717, 1.165) is 47.7 Å². The molecule has 3 aromatic rings. The van der Waals surface area contributed by atoms with Gasteiger partial charge in [-0.15, -0.1) is 0 Å². The van der Waals surface area contributed by atoms with E-state index in [2.05, 4.69) is 63.9 Å². The Morgan fingerprint density at radius 3 is 2.41 bits per heavy atom. The zero-order valence-corrected chi connectivity index (χ0v) is 18.5. The summed E-state index contributed by atoms with van der Waals surface area (Å²) in [5, 5.41) is 4.34. The molecule has 1 saturated heterocycles. The number of halogens is 1. The van der Waals surface area contributed by atoms with Crippen molar-refractivity contribution in [3.05, 3.63) is 58.5 Å². The molecule has 2 aromatic heterocycles. The summed E-state index contributed by atoms with van der Waals surface area (Å²) in [6, 6.07) is 12.3. The Morgan fingerprint density at radius 2 is 1.79 bits per heavy atom. The van der Waals surface area contributed by atoms with Crippen LogP contribution in [0.1, 0.15) is 32.2 Å². The van der Waals surface area contributed by atoms with E-state index in [1.54, 1.807) is 6.20 Å². The minimum absolute atomic E-state index is 0.288. The molecule has 1 aliphatic heterocycles. The van der Waals surface area contributed by atoms with E-state index >= 15 is 0 Å². The maximum Gasteiger partial charge on any atom is 0.259 e. The summed E-state index contributed by atoms with van der Waals surface area (Å²) < 4.78 is 12.1. The van der Waals surface area contributed by atoms with E-state index in [0.29, 0.717) is 11.7 Å². The molecule has 0 saturated carbocycles. The van der Waals surface area contributed by atoms with Crippen LogP contribution in [0.15, 0.2) is 51.6 Å². The minimum Gasteiger partial charge on any atom is -0.378 e. The summed E-state index contributed by atoms with van der Waals surface area (Å²) in [7, 11) is 0. The molecule has 0 bridgehead atoms. The largest absolute Gasteiger partial charge is 0.378 e. The van der Waals surface area contributed by atoms with Crippen molar-refractivity contribution in [2.24, 2.45) is 5.92 Å². The molecule has 0 radical (unpaired) electrons. The summed E-state index contributed by atoms with van der Waals surface area (Å²) in [6.07, 6.45) is 1.80. The van der Waals surface area contributed by atoms with Crippen LogP contribution in [-0.2, 0) is 10.2 Å². The molecule has 1 aromatic carbocycles.